The largest absolute Gasteiger partial charge is 1.00 e. The second-order valence-corrected chi connectivity index (χ2v) is 3.24. The summed E-state index contributed by atoms with van der Waals surface area (Å²) < 4.78 is 0. The zero-order valence-electron chi connectivity index (χ0n) is 12.8. The molecule has 0 aliphatic heterocycles. The monoisotopic (exact) mass is 452 g/mol. The Hall–Kier alpha value is -1.71. The lowest BCUT2D eigenvalue weighted by Crippen LogP contribution is -3.00. The molecule has 0 saturated heterocycles. The number of nitrogens with one attached hydrogen (secondary N) is 8. The third kappa shape index (κ3) is 27.4. The molecule has 0 aliphatic rings. The van der Waals surface area contributed by atoms with Crippen molar-refractivity contribution in [3.05, 3.63) is 74.9 Å². The van der Waals surface area contributed by atoms with Gasteiger partial charge in [-0.3, -0.25) is 39.9 Å². The molecule has 4 aromatic rings. The maximum Gasteiger partial charge on any atom is 0.239 e. The summed E-state index contributed by atoms with van der Waals surface area (Å²) in [6.45, 7) is 0. The van der Waals surface area contributed by atoms with E-state index in [2.05, 4.69) is 39.9 Å². The highest BCUT2D eigenvalue weighted by molar-refractivity contribution is 5.85. The van der Waals surface area contributed by atoms with Crippen LogP contribution in [0.3, 0.4) is 0 Å². The van der Waals surface area contributed by atoms with Crippen molar-refractivity contribution in [3.8, 4) is 0 Å². The van der Waals surface area contributed by atoms with E-state index in [-0.39, 0.29) is 62.0 Å². The molecule has 0 bridgehead atoms. The highest BCUT2D eigenvalue weighted by Gasteiger charge is 1.66. The average molecular weight is 455 g/mol. The molecular formula is C12H21Cl5N8. The van der Waals surface area contributed by atoms with Crippen LogP contribution in [0, 0.1) is 0 Å². The molecule has 8 N–H and O–H groups in total. The van der Waals surface area contributed by atoms with Crippen molar-refractivity contribution in [3.63, 3.8) is 0 Å². The van der Waals surface area contributed by atoms with E-state index in [0.29, 0.717) is 0 Å². The lowest BCUT2D eigenvalue weighted by molar-refractivity contribution is -0.376. The number of H-pyrrole nitrogens is 8. The average Bonchev–Trinajstić information content (AvgIpc) is 3.40. The minimum absolute atomic E-state index is 0. The second-order valence-electron chi connectivity index (χ2n) is 3.24. The Morgan fingerprint density at radius 1 is 0.400 bits per heavy atom. The summed E-state index contributed by atoms with van der Waals surface area (Å²) in [4.78, 5) is 22.4. The summed E-state index contributed by atoms with van der Waals surface area (Å²) in [6.07, 6.45) is 21.6. The number of hydrogen-bond donors (Lipinski definition) is 4. The molecule has 0 aliphatic carbocycles. The number of imidazole rings is 4. The van der Waals surface area contributed by atoms with E-state index in [0.717, 1.165) is 0 Å². The normalized spacial score (nSPS) is 6.40. The molecule has 0 radical (unpaired) electrons. The van der Waals surface area contributed by atoms with Crippen LogP contribution in [-0.2, 0) is 0 Å². The zero-order valence-corrected chi connectivity index (χ0v) is 16.7. The van der Waals surface area contributed by atoms with Crippen molar-refractivity contribution >= 4 is 12.4 Å². The van der Waals surface area contributed by atoms with Crippen molar-refractivity contribution in [1.29, 1.82) is 0 Å². The molecule has 0 spiro atoms. The van der Waals surface area contributed by atoms with Crippen LogP contribution in [-0.4, -0.2) is 19.9 Å². The molecule has 25 heavy (non-hydrogen) atoms. The highest BCUT2D eigenvalue weighted by atomic mass is 35.5. The fourth-order valence-electron chi connectivity index (χ4n) is 0.962. The molecule has 144 valence electrons. The SMILES string of the molecule is Cl.[Cl-].[Cl-].[Cl-].[Cl-].c1c[nH+]c[nH]1.c1c[nH+]c[nH]1.c1c[nH+]c[nH]1.c1c[nH+]c[nH]1. The fourth-order valence-corrected chi connectivity index (χ4v) is 0.962. The van der Waals surface area contributed by atoms with Gasteiger partial charge in [-0.15, -0.1) is 12.4 Å². The maximum atomic E-state index is 2.81. The van der Waals surface area contributed by atoms with Crippen LogP contribution >= 0.6 is 12.4 Å². The first-order chi connectivity index (χ1) is 10.0. The Morgan fingerprint density at radius 2 is 0.600 bits per heavy atom. The predicted octanol–water partition coefficient (Wildman–Crippen LogP) is -12.2. The number of aromatic nitrogens is 8. The van der Waals surface area contributed by atoms with Gasteiger partial charge in [-0.1, -0.05) is 0 Å². The van der Waals surface area contributed by atoms with Crippen LogP contribution in [0.4, 0.5) is 0 Å². The lowest BCUT2D eigenvalue weighted by Gasteiger charge is -1.37. The van der Waals surface area contributed by atoms with Gasteiger partial charge in [-0.2, -0.15) is 0 Å². The Kier molecular flexibility index (Phi) is 41.8. The van der Waals surface area contributed by atoms with Crippen LogP contribution < -0.4 is 69.6 Å². The van der Waals surface area contributed by atoms with E-state index < -0.39 is 0 Å². The smallest absolute Gasteiger partial charge is 0.239 e. The first-order valence-electron chi connectivity index (χ1n) is 5.95. The van der Waals surface area contributed by atoms with Crippen LogP contribution in [0.2, 0.25) is 0 Å². The first-order valence-corrected chi connectivity index (χ1v) is 5.95. The fraction of sp³-hybridized carbons (Fsp3) is 0. The molecule has 8 nitrogen and oxygen atoms in total. The van der Waals surface area contributed by atoms with Gasteiger partial charge >= 0.3 is 0 Å². The van der Waals surface area contributed by atoms with E-state index in [1.165, 1.54) is 0 Å². The van der Waals surface area contributed by atoms with Gasteiger partial charge < -0.3 is 49.6 Å². The van der Waals surface area contributed by atoms with Gasteiger partial charge in [0.05, 0.1) is 0 Å². The zero-order chi connectivity index (χ0) is 14.1. The lowest BCUT2D eigenvalue weighted by atomic mass is 11.0. The van der Waals surface area contributed by atoms with Crippen LogP contribution in [0.5, 0.6) is 0 Å². The Labute approximate surface area is 176 Å². The van der Waals surface area contributed by atoms with Gasteiger partial charge in [0, 0.05) is 0 Å². The molecule has 0 saturated carbocycles. The van der Waals surface area contributed by atoms with E-state index in [9.17, 15) is 0 Å². The second kappa shape index (κ2) is 30.2. The summed E-state index contributed by atoms with van der Waals surface area (Å²) in [6, 6.07) is 0. The Morgan fingerprint density at radius 3 is 0.640 bits per heavy atom. The summed E-state index contributed by atoms with van der Waals surface area (Å²) in [5, 5.41) is 0. The van der Waals surface area contributed by atoms with Gasteiger partial charge in [0.25, 0.3) is 0 Å². The quantitative estimate of drug-likeness (QED) is 0.202. The molecule has 0 unspecified atom stereocenters. The van der Waals surface area contributed by atoms with E-state index in [4.69, 9.17) is 0 Å². The third-order valence-electron chi connectivity index (χ3n) is 1.77. The van der Waals surface area contributed by atoms with Crippen LogP contribution in [0.15, 0.2) is 74.9 Å². The molecule has 0 aromatic carbocycles. The third-order valence-corrected chi connectivity index (χ3v) is 1.77. The molecular weight excluding hydrogens is 433 g/mol. The predicted molar refractivity (Wildman–Crippen MR) is 76.6 cm³/mol. The molecule has 0 fully saturated rings. The number of aromatic amines is 8. The molecule has 4 rings (SSSR count). The highest BCUT2D eigenvalue weighted by Crippen LogP contribution is 1.55. The molecule has 4 heterocycles. The van der Waals surface area contributed by atoms with Crippen molar-refractivity contribution in [2.75, 3.05) is 0 Å². The van der Waals surface area contributed by atoms with Crippen molar-refractivity contribution in [2.24, 2.45) is 0 Å². The Bertz CT molecular complexity index is 369. The van der Waals surface area contributed by atoms with Crippen LogP contribution in [0.25, 0.3) is 0 Å². The summed E-state index contributed by atoms with van der Waals surface area (Å²) >= 11 is 0. The number of rotatable bonds is 0. The van der Waals surface area contributed by atoms with E-state index >= 15 is 0 Å². The molecule has 13 heteroatoms. The summed E-state index contributed by atoms with van der Waals surface area (Å²) in [5.41, 5.74) is 0. The van der Waals surface area contributed by atoms with Gasteiger partial charge in [0.15, 0.2) is 0 Å². The molecule has 4 aromatic heterocycles. The van der Waals surface area contributed by atoms with Crippen molar-refractivity contribution < 1.29 is 69.6 Å². The van der Waals surface area contributed by atoms with Gasteiger partial charge in [0.2, 0.25) is 25.3 Å². The van der Waals surface area contributed by atoms with Gasteiger partial charge in [-0.05, 0) is 0 Å². The maximum absolute atomic E-state index is 2.81. The number of halogens is 5. The summed E-state index contributed by atoms with van der Waals surface area (Å²) in [7, 11) is 0. The van der Waals surface area contributed by atoms with Crippen molar-refractivity contribution in [2.45, 2.75) is 0 Å². The van der Waals surface area contributed by atoms with Gasteiger partial charge in [0.1, 0.15) is 49.6 Å². The van der Waals surface area contributed by atoms with E-state index in [1.807, 2.05) is 49.6 Å². The Balaban J connectivity index is -0.0000000667. The first kappa shape index (κ1) is 34.6. The van der Waals surface area contributed by atoms with E-state index in [1.54, 1.807) is 25.3 Å². The van der Waals surface area contributed by atoms with Crippen LogP contribution in [0.1, 0.15) is 0 Å². The minimum atomic E-state index is 0. The minimum Gasteiger partial charge on any atom is -1.00 e. The standard InChI is InChI=1S/4C3H4N2.5ClH/c4*1-2-5-3-4-1;;;;;/h4*1-3H,(H,4,5);5*1H. The topological polar surface area (TPSA) is 120 Å². The molecule has 0 amide bonds. The molecule has 0 atom stereocenters. The van der Waals surface area contributed by atoms with Crippen molar-refractivity contribution in [1.82, 2.24) is 19.9 Å². The van der Waals surface area contributed by atoms with Gasteiger partial charge in [-0.25, -0.2) is 0 Å². The number of hydrogen-bond acceptors (Lipinski definition) is 0. The summed E-state index contributed by atoms with van der Waals surface area (Å²) in [5.74, 6) is 0.